The van der Waals surface area contributed by atoms with Gasteiger partial charge in [-0.25, -0.2) is 4.39 Å². The lowest BCUT2D eigenvalue weighted by Crippen LogP contribution is -2.17. The maximum Gasteiger partial charge on any atom is 0.146 e. The van der Waals surface area contributed by atoms with E-state index in [1.54, 1.807) is 19.1 Å². The van der Waals surface area contributed by atoms with E-state index in [9.17, 15) is 9.50 Å². The Morgan fingerprint density at radius 3 is 2.60 bits per heavy atom. The molecule has 0 saturated carbocycles. The van der Waals surface area contributed by atoms with Gasteiger partial charge < -0.3 is 10.0 Å². The van der Waals surface area contributed by atoms with Crippen LogP contribution in [0.5, 0.6) is 0 Å². The molecule has 106 valence electrons. The minimum absolute atomic E-state index is 0.319. The molecular weight excluding hydrogens is 321 g/mol. The van der Waals surface area contributed by atoms with E-state index in [1.165, 1.54) is 6.07 Å². The summed E-state index contributed by atoms with van der Waals surface area (Å²) in [5.74, 6) is -0.319. The topological polar surface area (TPSA) is 23.5 Å². The van der Waals surface area contributed by atoms with Gasteiger partial charge in [0.2, 0.25) is 0 Å². The van der Waals surface area contributed by atoms with Crippen molar-refractivity contribution >= 4 is 21.6 Å². The summed E-state index contributed by atoms with van der Waals surface area (Å²) in [6.45, 7) is 2.24. The van der Waals surface area contributed by atoms with Crippen LogP contribution in [-0.4, -0.2) is 12.2 Å². The van der Waals surface area contributed by atoms with Crippen molar-refractivity contribution in [2.45, 2.75) is 19.6 Å². The Morgan fingerprint density at radius 1 is 1.25 bits per heavy atom. The highest BCUT2D eigenvalue weighted by Crippen LogP contribution is 2.24. The summed E-state index contributed by atoms with van der Waals surface area (Å²) in [5, 5.41) is 9.46. The zero-order valence-electron chi connectivity index (χ0n) is 11.5. The largest absolute Gasteiger partial charge is 0.389 e. The highest BCUT2D eigenvalue weighted by Gasteiger charge is 2.11. The number of benzene rings is 2. The Kier molecular flexibility index (Phi) is 4.78. The fraction of sp³-hybridized carbons (Fsp3) is 0.250. The first kappa shape index (κ1) is 15.0. The first-order valence-electron chi connectivity index (χ1n) is 6.40. The van der Waals surface area contributed by atoms with Crippen molar-refractivity contribution in [3.8, 4) is 0 Å². The molecule has 1 unspecified atom stereocenters. The average Bonchev–Trinajstić information content (AvgIpc) is 2.38. The molecule has 0 aliphatic carbocycles. The summed E-state index contributed by atoms with van der Waals surface area (Å²) in [4.78, 5) is 1.85. The second-order valence-electron chi connectivity index (χ2n) is 4.87. The van der Waals surface area contributed by atoms with Gasteiger partial charge in [-0.15, -0.1) is 0 Å². The van der Waals surface area contributed by atoms with Gasteiger partial charge in [-0.05, 0) is 42.3 Å². The fourth-order valence-corrected chi connectivity index (χ4v) is 2.53. The van der Waals surface area contributed by atoms with E-state index in [0.717, 1.165) is 10.0 Å². The third-order valence-corrected chi connectivity index (χ3v) is 3.67. The maximum absolute atomic E-state index is 14.1. The number of aliphatic hydroxyl groups is 1. The van der Waals surface area contributed by atoms with Gasteiger partial charge in [0, 0.05) is 18.1 Å². The van der Waals surface area contributed by atoms with Gasteiger partial charge >= 0.3 is 0 Å². The zero-order valence-corrected chi connectivity index (χ0v) is 13.1. The van der Waals surface area contributed by atoms with Crippen LogP contribution in [0.2, 0.25) is 0 Å². The first-order valence-corrected chi connectivity index (χ1v) is 7.20. The normalized spacial score (nSPS) is 12.2. The van der Waals surface area contributed by atoms with Gasteiger partial charge in [0.05, 0.1) is 11.8 Å². The summed E-state index contributed by atoms with van der Waals surface area (Å²) >= 11 is 3.43. The van der Waals surface area contributed by atoms with Crippen LogP contribution in [0.25, 0.3) is 0 Å². The molecule has 0 fully saturated rings. The van der Waals surface area contributed by atoms with Crippen molar-refractivity contribution in [3.63, 3.8) is 0 Å². The van der Waals surface area contributed by atoms with Crippen molar-refractivity contribution in [2.75, 3.05) is 11.9 Å². The second-order valence-corrected chi connectivity index (χ2v) is 5.79. The van der Waals surface area contributed by atoms with E-state index in [2.05, 4.69) is 15.9 Å². The molecule has 0 aromatic heterocycles. The summed E-state index contributed by atoms with van der Waals surface area (Å²) in [6.07, 6.45) is -0.658. The first-order chi connectivity index (χ1) is 9.47. The minimum Gasteiger partial charge on any atom is -0.389 e. The molecule has 0 aliphatic heterocycles. The lowest BCUT2D eigenvalue weighted by Gasteiger charge is -2.21. The number of hydrogen-bond acceptors (Lipinski definition) is 2. The smallest absolute Gasteiger partial charge is 0.146 e. The van der Waals surface area contributed by atoms with E-state index >= 15 is 0 Å². The molecule has 2 aromatic rings. The zero-order chi connectivity index (χ0) is 14.7. The van der Waals surface area contributed by atoms with Crippen molar-refractivity contribution in [2.24, 2.45) is 0 Å². The van der Waals surface area contributed by atoms with Crippen molar-refractivity contribution in [3.05, 3.63) is 63.9 Å². The number of halogens is 2. The summed E-state index contributed by atoms with van der Waals surface area (Å²) in [5.41, 5.74) is 2.21. The van der Waals surface area contributed by atoms with Crippen LogP contribution in [0.1, 0.15) is 24.2 Å². The average molecular weight is 338 g/mol. The number of aliphatic hydroxyl groups excluding tert-OH is 1. The van der Waals surface area contributed by atoms with Crippen molar-refractivity contribution in [1.82, 2.24) is 0 Å². The molecule has 2 aromatic carbocycles. The number of nitrogens with zero attached hydrogens (tertiary/aromatic N) is 1. The van der Waals surface area contributed by atoms with E-state index < -0.39 is 6.10 Å². The number of hydrogen-bond donors (Lipinski definition) is 1. The SMILES string of the molecule is CC(O)c1ccc(N(C)Cc2cccc(Br)c2)c(F)c1. The molecule has 1 N–H and O–H groups in total. The molecule has 0 radical (unpaired) electrons. The molecule has 2 rings (SSSR count). The van der Waals surface area contributed by atoms with Gasteiger partial charge in [-0.3, -0.25) is 0 Å². The molecule has 0 heterocycles. The third-order valence-electron chi connectivity index (χ3n) is 3.17. The highest BCUT2D eigenvalue weighted by atomic mass is 79.9. The molecule has 20 heavy (non-hydrogen) atoms. The lowest BCUT2D eigenvalue weighted by atomic mass is 10.1. The van der Waals surface area contributed by atoms with E-state index in [1.807, 2.05) is 36.2 Å². The van der Waals surface area contributed by atoms with Gasteiger partial charge in [0.15, 0.2) is 0 Å². The highest BCUT2D eigenvalue weighted by molar-refractivity contribution is 9.10. The van der Waals surface area contributed by atoms with Crippen molar-refractivity contribution in [1.29, 1.82) is 0 Å². The predicted molar refractivity (Wildman–Crippen MR) is 83.3 cm³/mol. The Balaban J connectivity index is 2.19. The molecule has 0 amide bonds. The third kappa shape index (κ3) is 3.58. The summed E-state index contributed by atoms with van der Waals surface area (Å²) in [7, 11) is 1.85. The van der Waals surface area contributed by atoms with Crippen LogP contribution in [0.4, 0.5) is 10.1 Å². The second kappa shape index (κ2) is 6.37. The Hall–Kier alpha value is -1.39. The Morgan fingerprint density at radius 2 is 2.00 bits per heavy atom. The van der Waals surface area contributed by atoms with E-state index in [4.69, 9.17) is 0 Å². The molecular formula is C16H17BrFNO. The standard InChI is InChI=1S/C16H17BrFNO/c1-11(20)13-6-7-16(15(18)9-13)19(2)10-12-4-3-5-14(17)8-12/h3-9,11,20H,10H2,1-2H3. The molecule has 1 atom stereocenters. The van der Waals surface area contributed by atoms with Crippen LogP contribution >= 0.6 is 15.9 Å². The van der Waals surface area contributed by atoms with E-state index in [-0.39, 0.29) is 5.82 Å². The Bertz CT molecular complexity index is 601. The maximum atomic E-state index is 14.1. The summed E-state index contributed by atoms with van der Waals surface area (Å²) in [6, 6.07) is 12.8. The molecule has 2 nitrogen and oxygen atoms in total. The van der Waals surface area contributed by atoms with Crippen LogP contribution in [-0.2, 0) is 6.54 Å². The quantitative estimate of drug-likeness (QED) is 0.900. The minimum atomic E-state index is -0.658. The molecule has 4 heteroatoms. The number of anilines is 1. The molecule has 0 bridgehead atoms. The monoisotopic (exact) mass is 337 g/mol. The van der Waals surface area contributed by atoms with E-state index in [0.29, 0.717) is 17.8 Å². The van der Waals surface area contributed by atoms with Crippen molar-refractivity contribution < 1.29 is 9.50 Å². The van der Waals surface area contributed by atoms with Gasteiger partial charge in [0.25, 0.3) is 0 Å². The van der Waals surface area contributed by atoms with Crippen LogP contribution in [0, 0.1) is 5.82 Å². The number of rotatable bonds is 4. The summed E-state index contributed by atoms with van der Waals surface area (Å²) < 4.78 is 15.1. The van der Waals surface area contributed by atoms with Crippen LogP contribution in [0.15, 0.2) is 46.9 Å². The molecule has 0 spiro atoms. The van der Waals surface area contributed by atoms with Gasteiger partial charge in [-0.2, -0.15) is 0 Å². The Labute approximate surface area is 127 Å². The molecule has 0 aliphatic rings. The van der Waals surface area contributed by atoms with Gasteiger partial charge in [-0.1, -0.05) is 34.1 Å². The predicted octanol–water partition coefficient (Wildman–Crippen LogP) is 4.28. The lowest BCUT2D eigenvalue weighted by molar-refractivity contribution is 0.199. The van der Waals surface area contributed by atoms with Crippen LogP contribution < -0.4 is 4.90 Å². The molecule has 0 saturated heterocycles. The fourth-order valence-electron chi connectivity index (χ4n) is 2.09. The van der Waals surface area contributed by atoms with Gasteiger partial charge in [0.1, 0.15) is 5.82 Å². The van der Waals surface area contributed by atoms with Crippen LogP contribution in [0.3, 0.4) is 0 Å².